The Labute approximate surface area is 178 Å². The Morgan fingerprint density at radius 3 is 2.54 bits per heavy atom. The van der Waals surface area contributed by atoms with Gasteiger partial charge in [-0.3, -0.25) is 10.1 Å². The van der Waals surface area contributed by atoms with Gasteiger partial charge in [-0.05, 0) is 36.4 Å². The summed E-state index contributed by atoms with van der Waals surface area (Å²) in [6, 6.07) is 21.4. The molecule has 0 saturated heterocycles. The van der Waals surface area contributed by atoms with E-state index in [1.54, 1.807) is 6.20 Å². The van der Waals surface area contributed by atoms with Crippen molar-refractivity contribution in [2.45, 2.75) is 0 Å². The first kappa shape index (κ1) is 18.5. The van der Waals surface area contributed by atoms with Gasteiger partial charge >= 0.3 is 0 Å². The monoisotopic (exact) mass is 422 g/mol. The molecule has 0 aliphatic rings. The van der Waals surface area contributed by atoms with Crippen molar-refractivity contribution in [1.82, 2.24) is 20.2 Å². The molecule has 5 rings (SSSR count). The number of fused-ring (bicyclic) bond motifs is 2. The average Bonchev–Trinajstić information content (AvgIpc) is 3.11. The second kappa shape index (κ2) is 7.64. The minimum absolute atomic E-state index is 0. The van der Waals surface area contributed by atoms with Crippen molar-refractivity contribution < 1.29 is 18.6 Å². The van der Waals surface area contributed by atoms with E-state index in [1.165, 1.54) is 0 Å². The zero-order chi connectivity index (χ0) is 18.2. The summed E-state index contributed by atoms with van der Waals surface area (Å²) < 4.78 is 0. The molecule has 3 heterocycles. The SMILES string of the molecule is Clc1ccccc1-c1cc2ncccc2c(Nc2n[nH]c3ccccc23)n1.[V]. The molecule has 28 heavy (non-hydrogen) atoms. The van der Waals surface area contributed by atoms with Crippen molar-refractivity contribution in [3.63, 3.8) is 0 Å². The minimum Gasteiger partial charge on any atom is -0.322 e. The molecular weight excluding hydrogens is 409 g/mol. The smallest absolute Gasteiger partial charge is 0.161 e. The number of halogens is 1. The van der Waals surface area contributed by atoms with Crippen LogP contribution in [0.3, 0.4) is 0 Å². The summed E-state index contributed by atoms with van der Waals surface area (Å²) >= 11 is 6.38. The number of hydrogen-bond acceptors (Lipinski definition) is 4. The summed E-state index contributed by atoms with van der Waals surface area (Å²) in [6.07, 6.45) is 1.77. The van der Waals surface area contributed by atoms with Crippen molar-refractivity contribution >= 4 is 45.0 Å². The number of nitrogens with zero attached hydrogens (tertiary/aromatic N) is 3. The number of nitrogens with one attached hydrogen (secondary N) is 2. The second-order valence-corrected chi connectivity index (χ2v) is 6.56. The molecule has 0 saturated carbocycles. The Kier molecular flexibility index (Phi) is 5.05. The predicted octanol–water partition coefficient (Wildman–Crippen LogP) is 5.57. The molecular formula is C21H14ClN5V. The zero-order valence-electron chi connectivity index (χ0n) is 14.6. The van der Waals surface area contributed by atoms with Gasteiger partial charge in [-0.25, -0.2) is 4.98 Å². The van der Waals surface area contributed by atoms with Gasteiger partial charge in [0, 0.05) is 46.1 Å². The van der Waals surface area contributed by atoms with Gasteiger partial charge < -0.3 is 5.32 Å². The van der Waals surface area contributed by atoms with Gasteiger partial charge in [-0.2, -0.15) is 5.10 Å². The first-order chi connectivity index (χ1) is 13.3. The number of H-pyrrole nitrogens is 1. The molecule has 0 aliphatic heterocycles. The topological polar surface area (TPSA) is 66.5 Å². The summed E-state index contributed by atoms with van der Waals surface area (Å²) in [4.78, 5) is 9.32. The van der Waals surface area contributed by atoms with Crippen LogP contribution < -0.4 is 5.32 Å². The Hall–Kier alpha value is -2.86. The molecule has 0 aliphatic carbocycles. The maximum Gasteiger partial charge on any atom is 0.161 e. The van der Waals surface area contributed by atoms with E-state index in [9.17, 15) is 0 Å². The Morgan fingerprint density at radius 2 is 1.64 bits per heavy atom. The van der Waals surface area contributed by atoms with E-state index >= 15 is 0 Å². The molecule has 0 amide bonds. The van der Waals surface area contributed by atoms with E-state index in [0.717, 1.165) is 38.9 Å². The number of rotatable bonds is 3. The van der Waals surface area contributed by atoms with Crippen molar-refractivity contribution in [2.75, 3.05) is 5.32 Å². The molecule has 5 aromatic rings. The fraction of sp³-hybridized carbons (Fsp3) is 0. The van der Waals surface area contributed by atoms with Gasteiger partial charge in [-0.1, -0.05) is 41.9 Å². The van der Waals surface area contributed by atoms with Crippen LogP contribution in [0.5, 0.6) is 0 Å². The Morgan fingerprint density at radius 1 is 0.857 bits per heavy atom. The maximum atomic E-state index is 6.38. The molecule has 0 bridgehead atoms. The van der Waals surface area contributed by atoms with E-state index < -0.39 is 0 Å². The molecule has 2 N–H and O–H groups in total. The number of pyridine rings is 2. The molecule has 3 aromatic heterocycles. The third-order valence-electron chi connectivity index (χ3n) is 4.46. The van der Waals surface area contributed by atoms with Crippen molar-refractivity contribution in [1.29, 1.82) is 0 Å². The van der Waals surface area contributed by atoms with Gasteiger partial charge in [0.15, 0.2) is 5.82 Å². The number of aromatic amines is 1. The fourth-order valence-electron chi connectivity index (χ4n) is 3.15. The van der Waals surface area contributed by atoms with Crippen molar-refractivity contribution in [3.8, 4) is 11.3 Å². The molecule has 0 atom stereocenters. The number of hydrogen-bond donors (Lipinski definition) is 2. The van der Waals surface area contributed by atoms with Gasteiger partial charge in [-0.15, -0.1) is 0 Å². The van der Waals surface area contributed by atoms with E-state index in [0.29, 0.717) is 10.8 Å². The van der Waals surface area contributed by atoms with Gasteiger partial charge in [0.1, 0.15) is 5.82 Å². The standard InChI is InChI=1S/C21H14ClN5.V/c22-16-9-3-1-6-13(16)19-12-18-15(8-5-11-23-18)20(24-19)25-21-14-7-2-4-10-17(14)26-27-21;/h1-12H,(H2,24,25,26,27);. The summed E-state index contributed by atoms with van der Waals surface area (Å²) in [5.41, 5.74) is 3.42. The Balaban J connectivity index is 0.00000192. The van der Waals surface area contributed by atoms with E-state index in [4.69, 9.17) is 16.6 Å². The van der Waals surface area contributed by atoms with E-state index in [2.05, 4.69) is 20.5 Å². The maximum absolute atomic E-state index is 6.38. The molecule has 0 spiro atoms. The third kappa shape index (κ3) is 3.24. The number of para-hydroxylation sites is 1. The summed E-state index contributed by atoms with van der Waals surface area (Å²) in [5.74, 6) is 1.41. The van der Waals surface area contributed by atoms with Crippen LogP contribution in [-0.4, -0.2) is 20.2 Å². The number of anilines is 2. The van der Waals surface area contributed by atoms with Crippen LogP contribution in [0, 0.1) is 0 Å². The van der Waals surface area contributed by atoms with Crippen LogP contribution in [0.1, 0.15) is 0 Å². The zero-order valence-corrected chi connectivity index (χ0v) is 16.7. The molecule has 135 valence electrons. The number of aromatic nitrogens is 4. The summed E-state index contributed by atoms with van der Waals surface area (Å²) in [6.45, 7) is 0. The first-order valence-corrected chi connectivity index (χ1v) is 8.88. The van der Waals surface area contributed by atoms with Crippen LogP contribution in [0.25, 0.3) is 33.1 Å². The largest absolute Gasteiger partial charge is 0.322 e. The van der Waals surface area contributed by atoms with Crippen LogP contribution in [-0.2, 0) is 18.6 Å². The predicted molar refractivity (Wildman–Crippen MR) is 109 cm³/mol. The summed E-state index contributed by atoms with van der Waals surface area (Å²) in [5, 5.41) is 13.4. The molecule has 7 heteroatoms. The van der Waals surface area contributed by atoms with Gasteiger partial charge in [0.05, 0.1) is 16.7 Å². The van der Waals surface area contributed by atoms with E-state index in [1.807, 2.05) is 66.7 Å². The first-order valence-electron chi connectivity index (χ1n) is 8.50. The van der Waals surface area contributed by atoms with E-state index in [-0.39, 0.29) is 18.6 Å². The van der Waals surface area contributed by atoms with Crippen LogP contribution >= 0.6 is 11.6 Å². The molecule has 2 aromatic carbocycles. The second-order valence-electron chi connectivity index (χ2n) is 6.15. The van der Waals surface area contributed by atoms with Gasteiger partial charge in [0.2, 0.25) is 0 Å². The quantitative estimate of drug-likeness (QED) is 0.399. The molecule has 0 fully saturated rings. The third-order valence-corrected chi connectivity index (χ3v) is 4.79. The average molecular weight is 423 g/mol. The van der Waals surface area contributed by atoms with Gasteiger partial charge in [0.25, 0.3) is 0 Å². The minimum atomic E-state index is 0. The fourth-order valence-corrected chi connectivity index (χ4v) is 3.38. The van der Waals surface area contributed by atoms with Crippen molar-refractivity contribution in [2.24, 2.45) is 0 Å². The molecule has 1 radical (unpaired) electrons. The molecule has 5 nitrogen and oxygen atoms in total. The summed E-state index contributed by atoms with van der Waals surface area (Å²) in [7, 11) is 0. The Bertz CT molecular complexity index is 1280. The van der Waals surface area contributed by atoms with Crippen LogP contribution in [0.2, 0.25) is 5.02 Å². The molecule has 0 unspecified atom stereocenters. The van der Waals surface area contributed by atoms with Crippen molar-refractivity contribution in [3.05, 3.63) is 77.9 Å². The van der Waals surface area contributed by atoms with Crippen LogP contribution in [0.4, 0.5) is 11.6 Å². The van der Waals surface area contributed by atoms with Crippen LogP contribution in [0.15, 0.2) is 72.9 Å². The number of benzene rings is 2. The normalized spacial score (nSPS) is 10.8.